The molecule has 0 atom stereocenters. The number of amides is 1. The fraction of sp³-hybridized carbons (Fsp3) is 0.148. The molecule has 0 aliphatic rings. The minimum absolute atomic E-state index is 0.165. The molecule has 1 heterocycles. The molecule has 4 rings (SSSR count). The lowest BCUT2D eigenvalue weighted by Crippen LogP contribution is -2.26. The summed E-state index contributed by atoms with van der Waals surface area (Å²) in [6.07, 6.45) is 3.32. The molecule has 0 unspecified atom stereocenters. The number of phenolic OH excluding ortho intramolecular Hbond substituents is 1. The molecule has 1 aromatic heterocycles. The van der Waals surface area contributed by atoms with Crippen molar-refractivity contribution in [2.75, 3.05) is 0 Å². The normalized spacial score (nSPS) is 10.7. The minimum atomic E-state index is -0.328. The van der Waals surface area contributed by atoms with Gasteiger partial charge in [-0.15, -0.1) is 0 Å². The zero-order chi connectivity index (χ0) is 23.0. The molecule has 0 fully saturated rings. The second-order valence-electron chi connectivity index (χ2n) is 7.76. The lowest BCUT2D eigenvalue weighted by molar-refractivity contribution is -0.120. The third kappa shape index (κ3) is 6.23. The van der Waals surface area contributed by atoms with E-state index in [1.807, 2.05) is 18.2 Å². The lowest BCUT2D eigenvalue weighted by Gasteiger charge is -2.12. The van der Waals surface area contributed by atoms with E-state index in [1.54, 1.807) is 42.6 Å². The number of phenols is 1. The maximum Gasteiger partial charge on any atom is 0.224 e. The standard InChI is InChI=1S/C27H24FN3O2/c28-22-11-6-20(7-12-22)16-27(33)30-18-26-24(15-8-19-4-2-1-3-5-19)31-25(17-29-26)21-9-13-23(32)14-10-21/h1-7,9-14,17,32H,8,15-16,18H2,(H,30,33). The van der Waals surface area contributed by atoms with Crippen molar-refractivity contribution < 1.29 is 14.3 Å². The van der Waals surface area contributed by atoms with Crippen molar-refractivity contribution in [3.63, 3.8) is 0 Å². The van der Waals surface area contributed by atoms with E-state index < -0.39 is 0 Å². The number of nitrogens with one attached hydrogen (secondary N) is 1. The first-order chi connectivity index (χ1) is 16.1. The molecule has 0 saturated carbocycles. The topological polar surface area (TPSA) is 75.1 Å². The molecular formula is C27H24FN3O2. The van der Waals surface area contributed by atoms with Crippen LogP contribution >= 0.6 is 0 Å². The van der Waals surface area contributed by atoms with Crippen molar-refractivity contribution in [2.24, 2.45) is 0 Å². The van der Waals surface area contributed by atoms with E-state index in [1.165, 1.54) is 17.7 Å². The Labute approximate surface area is 192 Å². The van der Waals surface area contributed by atoms with Crippen LogP contribution in [-0.4, -0.2) is 21.0 Å². The van der Waals surface area contributed by atoms with E-state index in [4.69, 9.17) is 4.98 Å². The Hall–Kier alpha value is -4.06. The lowest BCUT2D eigenvalue weighted by atomic mass is 10.1. The maximum atomic E-state index is 13.1. The van der Waals surface area contributed by atoms with E-state index in [2.05, 4.69) is 22.4 Å². The molecule has 0 spiro atoms. The van der Waals surface area contributed by atoms with Gasteiger partial charge < -0.3 is 10.4 Å². The molecule has 33 heavy (non-hydrogen) atoms. The molecule has 3 aromatic carbocycles. The molecule has 4 aromatic rings. The first-order valence-electron chi connectivity index (χ1n) is 10.8. The number of aromatic nitrogens is 2. The summed E-state index contributed by atoms with van der Waals surface area (Å²) < 4.78 is 13.1. The third-order valence-corrected chi connectivity index (χ3v) is 5.32. The molecule has 0 aliphatic carbocycles. The van der Waals surface area contributed by atoms with Gasteiger partial charge in [-0.2, -0.15) is 0 Å². The van der Waals surface area contributed by atoms with Gasteiger partial charge in [0.15, 0.2) is 0 Å². The van der Waals surface area contributed by atoms with Crippen LogP contribution < -0.4 is 5.32 Å². The van der Waals surface area contributed by atoms with Crippen molar-refractivity contribution in [3.05, 3.63) is 113 Å². The average molecular weight is 442 g/mol. The van der Waals surface area contributed by atoms with Crippen LogP contribution in [0.4, 0.5) is 4.39 Å². The fourth-order valence-corrected chi connectivity index (χ4v) is 3.51. The van der Waals surface area contributed by atoms with Gasteiger partial charge in [0, 0.05) is 5.56 Å². The highest BCUT2D eigenvalue weighted by atomic mass is 19.1. The SMILES string of the molecule is O=C(Cc1ccc(F)cc1)NCc1ncc(-c2ccc(O)cc2)nc1CCc1ccccc1. The Bertz CT molecular complexity index is 1210. The number of aryl methyl sites for hydroxylation is 2. The summed E-state index contributed by atoms with van der Waals surface area (Å²) in [5.41, 5.74) is 5.02. The van der Waals surface area contributed by atoms with Crippen LogP contribution in [-0.2, 0) is 30.6 Å². The molecule has 0 aliphatic heterocycles. The van der Waals surface area contributed by atoms with Gasteiger partial charge in [-0.25, -0.2) is 9.37 Å². The second-order valence-corrected chi connectivity index (χ2v) is 7.76. The Morgan fingerprint density at radius 3 is 2.30 bits per heavy atom. The first-order valence-corrected chi connectivity index (χ1v) is 10.8. The van der Waals surface area contributed by atoms with Crippen molar-refractivity contribution in [1.82, 2.24) is 15.3 Å². The van der Waals surface area contributed by atoms with E-state index in [-0.39, 0.29) is 30.4 Å². The smallest absolute Gasteiger partial charge is 0.224 e. The van der Waals surface area contributed by atoms with Crippen LogP contribution in [0.5, 0.6) is 5.75 Å². The molecule has 0 radical (unpaired) electrons. The highest BCUT2D eigenvalue weighted by Crippen LogP contribution is 2.21. The third-order valence-electron chi connectivity index (χ3n) is 5.32. The molecule has 166 valence electrons. The molecule has 1 amide bonds. The Kier molecular flexibility index (Phi) is 7.05. The van der Waals surface area contributed by atoms with Gasteiger partial charge in [0.25, 0.3) is 0 Å². The van der Waals surface area contributed by atoms with Crippen LogP contribution in [0, 0.1) is 5.82 Å². The number of hydrogen-bond donors (Lipinski definition) is 2. The van der Waals surface area contributed by atoms with Gasteiger partial charge in [0.05, 0.1) is 36.2 Å². The van der Waals surface area contributed by atoms with Gasteiger partial charge in [-0.1, -0.05) is 42.5 Å². The molecule has 0 bridgehead atoms. The Morgan fingerprint density at radius 2 is 1.58 bits per heavy atom. The van der Waals surface area contributed by atoms with E-state index >= 15 is 0 Å². The van der Waals surface area contributed by atoms with Crippen LogP contribution in [0.25, 0.3) is 11.3 Å². The van der Waals surface area contributed by atoms with Crippen molar-refractivity contribution in [3.8, 4) is 17.0 Å². The van der Waals surface area contributed by atoms with Gasteiger partial charge >= 0.3 is 0 Å². The van der Waals surface area contributed by atoms with Gasteiger partial charge in [0.1, 0.15) is 11.6 Å². The molecule has 0 saturated heterocycles. The summed E-state index contributed by atoms with van der Waals surface area (Å²) in [4.78, 5) is 21.8. The van der Waals surface area contributed by atoms with Crippen molar-refractivity contribution in [1.29, 1.82) is 0 Å². The number of hydrogen-bond acceptors (Lipinski definition) is 4. The maximum absolute atomic E-state index is 13.1. The number of carbonyl (C=O) groups excluding carboxylic acids is 1. The summed E-state index contributed by atoms with van der Waals surface area (Å²) in [6, 6.07) is 22.9. The number of nitrogens with zero attached hydrogens (tertiary/aromatic N) is 2. The van der Waals surface area contributed by atoms with Gasteiger partial charge in [0.2, 0.25) is 5.91 Å². The van der Waals surface area contributed by atoms with Crippen molar-refractivity contribution in [2.45, 2.75) is 25.8 Å². The van der Waals surface area contributed by atoms with Gasteiger partial charge in [-0.3, -0.25) is 9.78 Å². The summed E-state index contributed by atoms with van der Waals surface area (Å²) in [7, 11) is 0. The second kappa shape index (κ2) is 10.5. The summed E-state index contributed by atoms with van der Waals surface area (Å²) in [6.45, 7) is 0.257. The summed E-state index contributed by atoms with van der Waals surface area (Å²) in [5.74, 6) is -0.303. The number of aromatic hydroxyl groups is 1. The minimum Gasteiger partial charge on any atom is -0.508 e. The molecule has 6 heteroatoms. The van der Waals surface area contributed by atoms with E-state index in [9.17, 15) is 14.3 Å². The predicted octanol–water partition coefficient (Wildman–Crippen LogP) is 4.63. The van der Waals surface area contributed by atoms with Crippen LogP contribution in [0.3, 0.4) is 0 Å². The largest absolute Gasteiger partial charge is 0.508 e. The van der Waals surface area contributed by atoms with Crippen LogP contribution in [0.2, 0.25) is 0 Å². The van der Waals surface area contributed by atoms with Crippen molar-refractivity contribution >= 4 is 5.91 Å². The summed E-state index contributed by atoms with van der Waals surface area (Å²) >= 11 is 0. The number of halogens is 1. The zero-order valence-corrected chi connectivity index (χ0v) is 18.0. The Balaban J connectivity index is 1.50. The zero-order valence-electron chi connectivity index (χ0n) is 18.0. The predicted molar refractivity (Wildman–Crippen MR) is 125 cm³/mol. The van der Waals surface area contributed by atoms with Crippen LogP contribution in [0.1, 0.15) is 22.5 Å². The van der Waals surface area contributed by atoms with E-state index in [0.29, 0.717) is 17.8 Å². The molecule has 2 N–H and O–H groups in total. The molecular weight excluding hydrogens is 417 g/mol. The number of rotatable bonds is 8. The van der Waals surface area contributed by atoms with Crippen LogP contribution in [0.15, 0.2) is 85.1 Å². The molecule has 5 nitrogen and oxygen atoms in total. The number of benzene rings is 3. The van der Waals surface area contributed by atoms with E-state index in [0.717, 1.165) is 23.2 Å². The number of carbonyl (C=O) groups is 1. The quantitative estimate of drug-likeness (QED) is 0.418. The highest BCUT2D eigenvalue weighted by molar-refractivity contribution is 5.78. The fourth-order valence-electron chi connectivity index (χ4n) is 3.51. The summed E-state index contributed by atoms with van der Waals surface area (Å²) in [5, 5.41) is 12.5. The monoisotopic (exact) mass is 441 g/mol. The van der Waals surface area contributed by atoms with Gasteiger partial charge in [-0.05, 0) is 60.4 Å². The average Bonchev–Trinajstić information content (AvgIpc) is 2.84. The first kappa shape index (κ1) is 22.1. The Morgan fingerprint density at radius 1 is 0.848 bits per heavy atom. The highest BCUT2D eigenvalue weighted by Gasteiger charge is 2.12.